The van der Waals surface area contributed by atoms with Crippen molar-refractivity contribution in [2.24, 2.45) is 0 Å². The molecule has 0 spiro atoms. The summed E-state index contributed by atoms with van der Waals surface area (Å²) in [5.41, 5.74) is 1.15. The second-order valence-corrected chi connectivity index (χ2v) is 4.00. The average molecular weight is 232 g/mol. The van der Waals surface area contributed by atoms with Gasteiger partial charge in [-0.15, -0.1) is 12.3 Å². The van der Waals surface area contributed by atoms with Crippen LogP contribution in [0.2, 0.25) is 0 Å². The zero-order valence-electron chi connectivity index (χ0n) is 10.8. The summed E-state index contributed by atoms with van der Waals surface area (Å²) in [4.78, 5) is 0. The number of benzene rings is 1. The lowest BCUT2D eigenvalue weighted by atomic mass is 9.91. The Kier molecular flexibility index (Phi) is 5.42. The molecule has 0 aliphatic rings. The van der Waals surface area contributed by atoms with Gasteiger partial charge in [-0.1, -0.05) is 13.3 Å². The van der Waals surface area contributed by atoms with Crippen LogP contribution in [0.5, 0.6) is 11.5 Å². The largest absolute Gasteiger partial charge is 0.497 e. The van der Waals surface area contributed by atoms with Gasteiger partial charge >= 0.3 is 0 Å². The number of methoxy groups -OCH3 is 2. The second-order valence-electron chi connectivity index (χ2n) is 4.00. The molecule has 0 amide bonds. The minimum absolute atomic E-state index is 0.343. The van der Waals surface area contributed by atoms with E-state index in [4.69, 9.17) is 15.9 Å². The Morgan fingerprint density at radius 1 is 1.29 bits per heavy atom. The molecule has 1 aromatic rings. The van der Waals surface area contributed by atoms with Crippen LogP contribution in [0.3, 0.4) is 0 Å². The molecule has 0 bridgehead atoms. The van der Waals surface area contributed by atoms with Crippen LogP contribution in [0.15, 0.2) is 18.2 Å². The van der Waals surface area contributed by atoms with Crippen LogP contribution < -0.4 is 9.47 Å². The van der Waals surface area contributed by atoms with Crippen molar-refractivity contribution in [2.75, 3.05) is 14.2 Å². The third-order valence-corrected chi connectivity index (χ3v) is 2.88. The Hall–Kier alpha value is -1.62. The van der Waals surface area contributed by atoms with Crippen molar-refractivity contribution in [1.82, 2.24) is 0 Å². The molecule has 17 heavy (non-hydrogen) atoms. The van der Waals surface area contributed by atoms with Gasteiger partial charge in [0.05, 0.1) is 14.2 Å². The minimum atomic E-state index is 0.343. The van der Waals surface area contributed by atoms with Crippen LogP contribution >= 0.6 is 0 Å². The summed E-state index contributed by atoms with van der Waals surface area (Å²) < 4.78 is 10.6. The summed E-state index contributed by atoms with van der Waals surface area (Å²) in [5, 5.41) is 0. The summed E-state index contributed by atoms with van der Waals surface area (Å²) >= 11 is 0. The van der Waals surface area contributed by atoms with Gasteiger partial charge in [-0.05, 0) is 30.5 Å². The Bertz CT molecular complexity index is 390. The molecule has 0 saturated heterocycles. The van der Waals surface area contributed by atoms with Crippen LogP contribution in [-0.4, -0.2) is 14.2 Å². The maximum atomic E-state index is 5.44. The molecule has 0 fully saturated rings. The summed E-state index contributed by atoms with van der Waals surface area (Å²) in [5.74, 6) is 4.82. The predicted molar refractivity (Wildman–Crippen MR) is 70.6 cm³/mol. The summed E-state index contributed by atoms with van der Waals surface area (Å²) in [6.07, 6.45) is 8.34. The molecular formula is C15H20O2. The van der Waals surface area contributed by atoms with E-state index in [1.165, 1.54) is 0 Å². The van der Waals surface area contributed by atoms with E-state index in [-0.39, 0.29) is 0 Å². The number of ether oxygens (including phenoxy) is 2. The monoisotopic (exact) mass is 232 g/mol. The zero-order valence-corrected chi connectivity index (χ0v) is 10.8. The molecule has 2 heteroatoms. The fourth-order valence-electron chi connectivity index (χ4n) is 2.02. The third kappa shape index (κ3) is 3.42. The predicted octanol–water partition coefficient (Wildman–Crippen LogP) is 3.61. The zero-order chi connectivity index (χ0) is 12.7. The quantitative estimate of drug-likeness (QED) is 0.697. The summed E-state index contributed by atoms with van der Waals surface area (Å²) in [7, 11) is 3.35. The standard InChI is InChI=1S/C15H20O2/c1-5-7-12(8-6-2)14-11-13(16-3)9-10-15(14)17-4/h1,9-12H,6-8H2,2-4H3. The first kappa shape index (κ1) is 13.4. The first-order chi connectivity index (χ1) is 8.26. The van der Waals surface area contributed by atoms with Crippen LogP contribution in [0, 0.1) is 12.3 Å². The summed E-state index contributed by atoms with van der Waals surface area (Å²) in [6.45, 7) is 2.16. The van der Waals surface area contributed by atoms with Crippen LogP contribution in [0.4, 0.5) is 0 Å². The van der Waals surface area contributed by atoms with Gasteiger partial charge in [-0.3, -0.25) is 0 Å². The second kappa shape index (κ2) is 6.85. The van der Waals surface area contributed by atoms with Gasteiger partial charge in [0.15, 0.2) is 0 Å². The maximum absolute atomic E-state index is 5.44. The molecule has 0 heterocycles. The molecule has 92 valence electrons. The molecule has 0 aliphatic carbocycles. The highest BCUT2D eigenvalue weighted by molar-refractivity contribution is 5.42. The highest BCUT2D eigenvalue weighted by atomic mass is 16.5. The van der Waals surface area contributed by atoms with E-state index in [0.717, 1.165) is 36.3 Å². The Labute approximate surface area is 104 Å². The Morgan fingerprint density at radius 3 is 2.59 bits per heavy atom. The fourth-order valence-corrected chi connectivity index (χ4v) is 2.02. The number of hydrogen-bond donors (Lipinski definition) is 0. The van der Waals surface area contributed by atoms with E-state index in [2.05, 4.69) is 12.8 Å². The maximum Gasteiger partial charge on any atom is 0.122 e. The van der Waals surface area contributed by atoms with Gasteiger partial charge in [-0.2, -0.15) is 0 Å². The van der Waals surface area contributed by atoms with Gasteiger partial charge in [0.1, 0.15) is 11.5 Å². The first-order valence-electron chi connectivity index (χ1n) is 5.92. The van der Waals surface area contributed by atoms with Crippen molar-refractivity contribution in [3.63, 3.8) is 0 Å². The van der Waals surface area contributed by atoms with E-state index in [0.29, 0.717) is 5.92 Å². The average Bonchev–Trinajstić information content (AvgIpc) is 2.37. The lowest BCUT2D eigenvalue weighted by molar-refractivity contribution is 0.393. The fraction of sp³-hybridized carbons (Fsp3) is 0.467. The van der Waals surface area contributed by atoms with E-state index in [1.54, 1.807) is 14.2 Å². The molecule has 1 aromatic carbocycles. The van der Waals surface area contributed by atoms with E-state index >= 15 is 0 Å². The van der Waals surface area contributed by atoms with Crippen molar-refractivity contribution < 1.29 is 9.47 Å². The molecule has 0 radical (unpaired) electrons. The lowest BCUT2D eigenvalue weighted by Crippen LogP contribution is -2.01. The highest BCUT2D eigenvalue weighted by Gasteiger charge is 2.15. The smallest absolute Gasteiger partial charge is 0.122 e. The van der Waals surface area contributed by atoms with Crippen molar-refractivity contribution in [3.05, 3.63) is 23.8 Å². The SMILES string of the molecule is C#CCC(CCC)c1cc(OC)ccc1OC. The van der Waals surface area contributed by atoms with Crippen molar-refractivity contribution in [3.8, 4) is 23.8 Å². The lowest BCUT2D eigenvalue weighted by Gasteiger charge is -2.18. The topological polar surface area (TPSA) is 18.5 Å². The van der Waals surface area contributed by atoms with E-state index in [9.17, 15) is 0 Å². The van der Waals surface area contributed by atoms with Gasteiger partial charge in [0.2, 0.25) is 0 Å². The molecular weight excluding hydrogens is 212 g/mol. The molecule has 0 N–H and O–H groups in total. The third-order valence-electron chi connectivity index (χ3n) is 2.88. The molecule has 2 nitrogen and oxygen atoms in total. The molecule has 1 atom stereocenters. The van der Waals surface area contributed by atoms with Crippen molar-refractivity contribution in [1.29, 1.82) is 0 Å². The molecule has 0 aliphatic heterocycles. The Balaban J connectivity index is 3.09. The van der Waals surface area contributed by atoms with E-state index in [1.807, 2.05) is 18.2 Å². The van der Waals surface area contributed by atoms with Gasteiger partial charge < -0.3 is 9.47 Å². The van der Waals surface area contributed by atoms with Crippen LogP contribution in [0.1, 0.15) is 37.7 Å². The van der Waals surface area contributed by atoms with Crippen LogP contribution in [-0.2, 0) is 0 Å². The van der Waals surface area contributed by atoms with Gasteiger partial charge in [0, 0.05) is 12.0 Å². The molecule has 1 rings (SSSR count). The molecule has 1 unspecified atom stereocenters. The molecule has 0 aromatic heterocycles. The number of terminal acetylenes is 1. The number of hydrogen-bond acceptors (Lipinski definition) is 2. The number of rotatable bonds is 6. The van der Waals surface area contributed by atoms with E-state index < -0.39 is 0 Å². The van der Waals surface area contributed by atoms with Crippen molar-refractivity contribution >= 4 is 0 Å². The minimum Gasteiger partial charge on any atom is -0.497 e. The highest BCUT2D eigenvalue weighted by Crippen LogP contribution is 2.34. The summed E-state index contributed by atoms with van der Waals surface area (Å²) in [6, 6.07) is 5.87. The van der Waals surface area contributed by atoms with Gasteiger partial charge in [-0.25, -0.2) is 0 Å². The molecule has 0 saturated carbocycles. The van der Waals surface area contributed by atoms with Crippen LogP contribution in [0.25, 0.3) is 0 Å². The van der Waals surface area contributed by atoms with Gasteiger partial charge in [0.25, 0.3) is 0 Å². The Morgan fingerprint density at radius 2 is 2.06 bits per heavy atom. The first-order valence-corrected chi connectivity index (χ1v) is 5.92. The van der Waals surface area contributed by atoms with Crippen molar-refractivity contribution in [2.45, 2.75) is 32.1 Å². The normalized spacial score (nSPS) is 11.6.